The van der Waals surface area contributed by atoms with Crippen LogP contribution in [0.5, 0.6) is 0 Å². The fourth-order valence-electron chi connectivity index (χ4n) is 6.24. The molecule has 8 nitrogen and oxygen atoms in total. The molecule has 8 heteroatoms. The van der Waals surface area contributed by atoms with Crippen LogP contribution in [0.3, 0.4) is 0 Å². The molecule has 0 aromatic rings. The van der Waals surface area contributed by atoms with Crippen LogP contribution < -0.4 is 0 Å². The van der Waals surface area contributed by atoms with Gasteiger partial charge in [-0.25, -0.2) is 0 Å². The molecule has 1 saturated heterocycles. The number of hydrogen-bond donors (Lipinski definition) is 1. The van der Waals surface area contributed by atoms with Crippen LogP contribution in [0.1, 0.15) is 67.2 Å². The lowest BCUT2D eigenvalue weighted by Crippen LogP contribution is -2.68. The highest BCUT2D eigenvalue weighted by Crippen LogP contribution is 2.67. The molecule has 0 aromatic carbocycles. The summed E-state index contributed by atoms with van der Waals surface area (Å²) < 4.78 is 23.4. The van der Waals surface area contributed by atoms with E-state index in [9.17, 15) is 19.5 Å². The first-order valence-corrected chi connectivity index (χ1v) is 12.8. The van der Waals surface area contributed by atoms with Crippen LogP contribution >= 0.6 is 0 Å². The Bertz CT molecular complexity index is 951. The van der Waals surface area contributed by atoms with Gasteiger partial charge in [-0.2, -0.15) is 0 Å². The monoisotopic (exact) mass is 504 g/mol. The van der Waals surface area contributed by atoms with Gasteiger partial charge < -0.3 is 19.3 Å². The van der Waals surface area contributed by atoms with E-state index in [-0.39, 0.29) is 18.1 Å². The predicted molar refractivity (Wildman–Crippen MR) is 132 cm³/mol. The highest BCUT2D eigenvalue weighted by atomic mass is 16.8. The van der Waals surface area contributed by atoms with Gasteiger partial charge in [-0.3, -0.25) is 19.1 Å². The molecule has 3 rings (SSSR count). The number of ketones is 1. The number of carbonyl (C=O) groups is 3. The number of unbranched alkanes of at least 4 members (excludes halogenated alkanes) is 1. The lowest BCUT2D eigenvalue weighted by Gasteiger charge is -2.61. The van der Waals surface area contributed by atoms with E-state index in [1.54, 1.807) is 6.08 Å². The summed E-state index contributed by atoms with van der Waals surface area (Å²) in [5.41, 5.74) is -0.581. The Morgan fingerprint density at radius 3 is 2.50 bits per heavy atom. The van der Waals surface area contributed by atoms with E-state index in [2.05, 4.69) is 26.5 Å². The zero-order valence-electron chi connectivity index (χ0n) is 22.2. The number of esters is 2. The molecule has 1 unspecified atom stereocenters. The third-order valence-electron chi connectivity index (χ3n) is 8.36. The van der Waals surface area contributed by atoms with E-state index in [0.717, 1.165) is 18.4 Å². The molecular formula is C28H40O8. The third-order valence-corrected chi connectivity index (χ3v) is 8.36. The molecule has 200 valence electrons. The number of allylic oxidation sites excluding steroid dienone is 4. The summed E-state index contributed by atoms with van der Waals surface area (Å²) in [6.45, 7) is 14.9. The molecule has 1 heterocycles. The minimum absolute atomic E-state index is 0.123. The van der Waals surface area contributed by atoms with Crippen molar-refractivity contribution >= 4 is 17.7 Å². The number of aliphatic hydroxyl groups is 1. The number of aliphatic hydroxyl groups excluding tert-OH is 1. The molecule has 2 aliphatic carbocycles. The Hall–Kier alpha value is -2.29. The number of ether oxygens (including phenoxy) is 4. The van der Waals surface area contributed by atoms with Crippen molar-refractivity contribution in [2.45, 2.75) is 92.0 Å². The van der Waals surface area contributed by atoms with Crippen LogP contribution in [0.4, 0.5) is 0 Å². The van der Waals surface area contributed by atoms with Crippen molar-refractivity contribution in [1.29, 1.82) is 0 Å². The molecule has 1 N–H and O–H groups in total. The second-order valence-corrected chi connectivity index (χ2v) is 10.6. The molecule has 3 aliphatic rings. The highest BCUT2D eigenvalue weighted by Gasteiger charge is 2.73. The molecule has 1 aliphatic heterocycles. The maximum absolute atomic E-state index is 13.1. The Labute approximate surface area is 213 Å². The van der Waals surface area contributed by atoms with Gasteiger partial charge in [0.2, 0.25) is 12.6 Å². The first-order valence-electron chi connectivity index (χ1n) is 12.8. The largest absolute Gasteiger partial charge is 0.435 e. The average Bonchev–Trinajstić information content (AvgIpc) is 3.10. The Balaban J connectivity index is 2.25. The normalized spacial score (nSPS) is 38.0. The zero-order chi connectivity index (χ0) is 26.8. The smallest absolute Gasteiger partial charge is 0.305 e. The van der Waals surface area contributed by atoms with Crippen molar-refractivity contribution in [2.75, 3.05) is 6.61 Å². The van der Waals surface area contributed by atoms with E-state index >= 15 is 0 Å². The molecule has 0 bridgehead atoms. The Morgan fingerprint density at radius 2 is 1.92 bits per heavy atom. The average molecular weight is 505 g/mol. The Morgan fingerprint density at radius 1 is 1.25 bits per heavy atom. The van der Waals surface area contributed by atoms with Crippen molar-refractivity contribution in [3.05, 3.63) is 36.0 Å². The molecular weight excluding hydrogens is 464 g/mol. The van der Waals surface area contributed by atoms with Gasteiger partial charge >= 0.3 is 11.9 Å². The van der Waals surface area contributed by atoms with Crippen LogP contribution in [0.25, 0.3) is 0 Å². The summed E-state index contributed by atoms with van der Waals surface area (Å²) in [4.78, 5) is 37.2. The molecule has 0 aromatic heterocycles. The van der Waals surface area contributed by atoms with Crippen LogP contribution in [-0.4, -0.2) is 54.2 Å². The van der Waals surface area contributed by atoms with Crippen molar-refractivity contribution in [1.82, 2.24) is 0 Å². The quantitative estimate of drug-likeness (QED) is 0.285. The van der Waals surface area contributed by atoms with E-state index in [4.69, 9.17) is 18.9 Å². The van der Waals surface area contributed by atoms with Gasteiger partial charge in [-0.1, -0.05) is 51.5 Å². The topological polar surface area (TPSA) is 108 Å². The van der Waals surface area contributed by atoms with Gasteiger partial charge in [0.1, 0.15) is 0 Å². The molecule has 8 atom stereocenters. The van der Waals surface area contributed by atoms with Gasteiger partial charge in [0, 0.05) is 32.4 Å². The summed E-state index contributed by atoms with van der Waals surface area (Å²) in [7, 11) is 0. The molecule has 1 saturated carbocycles. The Kier molecular flexibility index (Phi) is 8.63. The highest BCUT2D eigenvalue weighted by molar-refractivity contribution is 5.92. The molecule has 1 spiro atoms. The lowest BCUT2D eigenvalue weighted by molar-refractivity contribution is -0.275. The molecule has 36 heavy (non-hydrogen) atoms. The third kappa shape index (κ3) is 4.83. The standard InChI is InChI=1S/C28H40O8/c1-8-10-13-33-23-17(4)27(7,12-11-16(3)9-2)22-15-20(31)14-21-25(34-18(5)29)36-26(35-19(6)30)28(21,22)24(23)32/h9,11,14,17,22-26,32H,2,8,10,12-13,15H2,1,3-7H3/b16-11-/t17-,22+,23-,24+,25+,26-,27-,28?/m1/s1. The maximum Gasteiger partial charge on any atom is 0.305 e. The fourth-order valence-corrected chi connectivity index (χ4v) is 6.24. The summed E-state index contributed by atoms with van der Waals surface area (Å²) in [5, 5.41) is 12.1. The minimum Gasteiger partial charge on any atom is -0.435 e. The van der Waals surface area contributed by atoms with Crippen molar-refractivity contribution in [3.8, 4) is 0 Å². The van der Waals surface area contributed by atoms with Gasteiger partial charge in [0.25, 0.3) is 0 Å². The summed E-state index contributed by atoms with van der Waals surface area (Å²) in [5.74, 6) is -2.02. The van der Waals surface area contributed by atoms with Gasteiger partial charge in [0.05, 0.1) is 17.6 Å². The van der Waals surface area contributed by atoms with Gasteiger partial charge in [-0.05, 0) is 43.1 Å². The summed E-state index contributed by atoms with van der Waals surface area (Å²) >= 11 is 0. The summed E-state index contributed by atoms with van der Waals surface area (Å²) in [6.07, 6.45) is 3.35. The molecule has 2 fully saturated rings. The first kappa shape index (κ1) is 28.3. The first-order chi connectivity index (χ1) is 16.9. The number of rotatable bonds is 9. The van der Waals surface area contributed by atoms with E-state index in [1.807, 2.05) is 13.8 Å². The maximum atomic E-state index is 13.1. The van der Waals surface area contributed by atoms with E-state index in [0.29, 0.717) is 18.6 Å². The van der Waals surface area contributed by atoms with Crippen LogP contribution in [0.15, 0.2) is 36.0 Å². The van der Waals surface area contributed by atoms with E-state index in [1.165, 1.54) is 19.9 Å². The molecule has 0 amide bonds. The van der Waals surface area contributed by atoms with Gasteiger partial charge in [-0.15, -0.1) is 0 Å². The van der Waals surface area contributed by atoms with Gasteiger partial charge in [0.15, 0.2) is 5.78 Å². The summed E-state index contributed by atoms with van der Waals surface area (Å²) in [6, 6.07) is 0. The molecule has 0 radical (unpaired) electrons. The second kappa shape index (κ2) is 11.0. The minimum atomic E-state index is -1.33. The van der Waals surface area contributed by atoms with Crippen molar-refractivity contribution < 1.29 is 38.4 Å². The van der Waals surface area contributed by atoms with Crippen LogP contribution in [-0.2, 0) is 33.3 Å². The fraction of sp³-hybridized carbons (Fsp3) is 0.679. The zero-order valence-corrected chi connectivity index (χ0v) is 22.2. The van der Waals surface area contributed by atoms with Crippen LogP contribution in [0.2, 0.25) is 0 Å². The van der Waals surface area contributed by atoms with E-state index < -0.39 is 53.5 Å². The van der Waals surface area contributed by atoms with Crippen molar-refractivity contribution in [2.24, 2.45) is 22.7 Å². The lowest BCUT2D eigenvalue weighted by atomic mass is 9.44. The SMILES string of the molecule is C=C/C(C)=C\C[C@]1(C)[C@H](C)[C@@H](OCCCC)[C@H](O)C23C(=CC(=O)C[C@H]21)[C@@H](OC(C)=O)O[C@H]3OC(C)=O. The number of hydrogen-bond acceptors (Lipinski definition) is 8. The number of carbonyl (C=O) groups excluding carboxylic acids is 3. The second-order valence-electron chi connectivity index (χ2n) is 10.6. The van der Waals surface area contributed by atoms with Crippen LogP contribution in [0, 0.1) is 22.7 Å². The predicted octanol–water partition coefficient (Wildman–Crippen LogP) is 4.02. The van der Waals surface area contributed by atoms with Crippen molar-refractivity contribution in [3.63, 3.8) is 0 Å².